The summed E-state index contributed by atoms with van der Waals surface area (Å²) in [6.07, 6.45) is 5.29. The summed E-state index contributed by atoms with van der Waals surface area (Å²) in [7, 11) is 3.52. The molecule has 0 saturated carbocycles. The second-order valence-corrected chi connectivity index (χ2v) is 11.3. The predicted molar refractivity (Wildman–Crippen MR) is 154 cm³/mol. The lowest BCUT2D eigenvalue weighted by Gasteiger charge is -2.33. The minimum absolute atomic E-state index is 0.128. The third kappa shape index (κ3) is 4.45. The van der Waals surface area contributed by atoms with Crippen LogP contribution in [-0.2, 0) is 17.4 Å². The monoisotopic (exact) mass is 542 g/mol. The van der Waals surface area contributed by atoms with Crippen LogP contribution in [0.3, 0.4) is 0 Å². The number of imidazole rings is 1. The average Bonchev–Trinajstić information content (AvgIpc) is 3.45. The zero-order valence-electron chi connectivity index (χ0n) is 23.6. The molecule has 0 amide bonds. The Labute approximate surface area is 233 Å². The first-order valence-electron chi connectivity index (χ1n) is 13.7. The Balaban J connectivity index is 1.70. The molecule has 7 nitrogen and oxygen atoms in total. The van der Waals surface area contributed by atoms with Gasteiger partial charge in [0.05, 0.1) is 53.0 Å². The molecular weight excluding hydrogens is 507 g/mol. The average molecular weight is 543 g/mol. The van der Waals surface area contributed by atoms with E-state index in [1.54, 1.807) is 27.3 Å². The lowest BCUT2D eigenvalue weighted by atomic mass is 9.86. The first-order chi connectivity index (χ1) is 19.2. The van der Waals surface area contributed by atoms with Crippen LogP contribution in [0, 0.1) is 18.7 Å². The molecule has 5 aromatic rings. The number of hydrogen-bond donors (Lipinski definition) is 1. The minimum Gasteiger partial charge on any atom is -0.497 e. The van der Waals surface area contributed by atoms with Gasteiger partial charge in [0.15, 0.2) is 0 Å². The Bertz CT molecular complexity index is 1690. The summed E-state index contributed by atoms with van der Waals surface area (Å²) >= 11 is 0. The van der Waals surface area contributed by atoms with E-state index in [1.165, 1.54) is 6.07 Å². The number of aryl methyl sites for hydroxylation is 2. The van der Waals surface area contributed by atoms with E-state index in [2.05, 4.69) is 15.6 Å². The third-order valence-corrected chi connectivity index (χ3v) is 8.26. The minimum atomic E-state index is -1.04. The van der Waals surface area contributed by atoms with Crippen LogP contribution >= 0.6 is 0 Å². The van der Waals surface area contributed by atoms with Crippen molar-refractivity contribution >= 4 is 21.9 Å². The highest BCUT2D eigenvalue weighted by Crippen LogP contribution is 2.43. The maximum atomic E-state index is 15.9. The second-order valence-electron chi connectivity index (χ2n) is 11.3. The van der Waals surface area contributed by atoms with Gasteiger partial charge in [-0.25, -0.2) is 9.37 Å². The highest BCUT2D eigenvalue weighted by molar-refractivity contribution is 6.07. The van der Waals surface area contributed by atoms with Gasteiger partial charge in [-0.15, -0.1) is 0 Å². The quantitative estimate of drug-likeness (QED) is 0.273. The Morgan fingerprint density at radius 1 is 1.07 bits per heavy atom. The molecular formula is C32H35FN4O3. The van der Waals surface area contributed by atoms with Crippen LogP contribution in [0.1, 0.15) is 49.6 Å². The number of benzene rings is 2. The van der Waals surface area contributed by atoms with Crippen LogP contribution in [0.25, 0.3) is 33.2 Å². The Hall–Kier alpha value is -3.75. The maximum Gasteiger partial charge on any atom is 0.132 e. The van der Waals surface area contributed by atoms with Gasteiger partial charge in [0.2, 0.25) is 0 Å². The highest BCUT2D eigenvalue weighted by atomic mass is 19.1. The molecule has 1 atom stereocenters. The van der Waals surface area contributed by atoms with Gasteiger partial charge in [0.1, 0.15) is 11.6 Å². The maximum absolute atomic E-state index is 15.9. The number of pyridine rings is 1. The van der Waals surface area contributed by atoms with E-state index in [0.717, 1.165) is 57.3 Å². The molecule has 1 aliphatic rings. The SMILES string of the molecule is COc1ccc(C(C2CCOCC2)n2c3cc(C(C)(C)O)ccc3c3ncc(-c4c(C)ncn4C)cc32)c(F)c1. The van der Waals surface area contributed by atoms with Crippen LogP contribution in [0.4, 0.5) is 4.39 Å². The molecule has 4 heterocycles. The molecule has 40 heavy (non-hydrogen) atoms. The number of aromatic nitrogens is 4. The first-order valence-corrected chi connectivity index (χ1v) is 13.7. The molecule has 2 aromatic carbocycles. The predicted octanol–water partition coefficient (Wildman–Crippen LogP) is 6.29. The molecule has 208 valence electrons. The summed E-state index contributed by atoms with van der Waals surface area (Å²) in [5.74, 6) is 0.300. The van der Waals surface area contributed by atoms with Gasteiger partial charge in [0, 0.05) is 49.0 Å². The van der Waals surface area contributed by atoms with Crippen molar-refractivity contribution in [3.8, 4) is 17.0 Å². The van der Waals surface area contributed by atoms with Gasteiger partial charge in [-0.1, -0.05) is 18.2 Å². The summed E-state index contributed by atoms with van der Waals surface area (Å²) in [5.41, 5.74) is 5.85. The van der Waals surface area contributed by atoms with Crippen molar-refractivity contribution in [1.82, 2.24) is 19.1 Å². The van der Waals surface area contributed by atoms with Crippen LogP contribution < -0.4 is 4.74 Å². The number of halogens is 1. The summed E-state index contributed by atoms with van der Waals surface area (Å²) in [4.78, 5) is 9.45. The van der Waals surface area contributed by atoms with E-state index in [4.69, 9.17) is 14.5 Å². The molecule has 1 aliphatic heterocycles. The summed E-state index contributed by atoms with van der Waals surface area (Å²) in [6.45, 7) is 6.80. The largest absolute Gasteiger partial charge is 0.497 e. The van der Waals surface area contributed by atoms with E-state index in [-0.39, 0.29) is 17.8 Å². The van der Waals surface area contributed by atoms with Crippen molar-refractivity contribution in [2.45, 2.75) is 45.3 Å². The third-order valence-electron chi connectivity index (χ3n) is 8.26. The molecule has 1 N–H and O–H groups in total. The van der Waals surface area contributed by atoms with Gasteiger partial charge in [0.25, 0.3) is 0 Å². The molecule has 1 fully saturated rings. The van der Waals surface area contributed by atoms with Gasteiger partial charge >= 0.3 is 0 Å². The lowest BCUT2D eigenvalue weighted by molar-refractivity contribution is 0.0548. The fourth-order valence-corrected chi connectivity index (χ4v) is 6.18. The van der Waals surface area contributed by atoms with Gasteiger partial charge < -0.3 is 23.7 Å². The van der Waals surface area contributed by atoms with E-state index in [9.17, 15) is 5.11 Å². The normalized spacial score (nSPS) is 15.7. The zero-order chi connectivity index (χ0) is 28.2. The van der Waals surface area contributed by atoms with E-state index < -0.39 is 5.60 Å². The number of aliphatic hydroxyl groups is 1. The number of fused-ring (bicyclic) bond motifs is 3. The molecule has 8 heteroatoms. The van der Waals surface area contributed by atoms with Crippen molar-refractivity contribution in [3.05, 3.63) is 77.6 Å². The lowest BCUT2D eigenvalue weighted by Crippen LogP contribution is -2.27. The zero-order valence-corrected chi connectivity index (χ0v) is 23.6. The Morgan fingerprint density at radius 2 is 1.85 bits per heavy atom. The number of rotatable bonds is 6. The van der Waals surface area contributed by atoms with E-state index >= 15 is 4.39 Å². The van der Waals surface area contributed by atoms with Crippen molar-refractivity contribution in [3.63, 3.8) is 0 Å². The van der Waals surface area contributed by atoms with Crippen LogP contribution in [0.15, 0.2) is 55.0 Å². The highest BCUT2D eigenvalue weighted by Gasteiger charge is 2.33. The second kappa shape index (κ2) is 10.0. The molecule has 0 aliphatic carbocycles. The fraction of sp³-hybridized carbons (Fsp3) is 0.375. The smallest absolute Gasteiger partial charge is 0.132 e. The molecule has 3 aromatic heterocycles. The van der Waals surface area contributed by atoms with Crippen LogP contribution in [-0.4, -0.2) is 44.5 Å². The van der Waals surface area contributed by atoms with Crippen LogP contribution in [0.5, 0.6) is 5.75 Å². The molecule has 1 saturated heterocycles. The summed E-state index contributed by atoms with van der Waals surface area (Å²) in [5, 5.41) is 11.9. The van der Waals surface area contributed by atoms with E-state index in [1.807, 2.05) is 55.1 Å². The molecule has 0 radical (unpaired) electrons. The Kier molecular flexibility index (Phi) is 6.63. The summed E-state index contributed by atoms with van der Waals surface area (Å²) < 4.78 is 31.2. The van der Waals surface area contributed by atoms with Crippen molar-refractivity contribution in [2.24, 2.45) is 13.0 Å². The van der Waals surface area contributed by atoms with Crippen LogP contribution in [0.2, 0.25) is 0 Å². The van der Waals surface area contributed by atoms with Gasteiger partial charge in [-0.3, -0.25) is 4.98 Å². The van der Waals surface area contributed by atoms with Crippen molar-refractivity contribution < 1.29 is 19.0 Å². The molecule has 1 unspecified atom stereocenters. The first kappa shape index (κ1) is 26.5. The fourth-order valence-electron chi connectivity index (χ4n) is 6.18. The number of hydrogen-bond acceptors (Lipinski definition) is 5. The number of ether oxygens (including phenoxy) is 2. The number of nitrogens with zero attached hydrogens (tertiary/aromatic N) is 4. The standard InChI is InChI=1S/C32H35FN4O3/c1-19-30(36(4)18-35-19)21-14-28-29(34-17-21)25-8-6-22(32(2,3)38)15-27(25)37(28)31(20-10-12-40-13-11-20)24-9-7-23(39-5)16-26(24)33/h6-9,14-18,20,31,38H,10-13H2,1-5H3. The summed E-state index contributed by atoms with van der Waals surface area (Å²) in [6, 6.07) is 12.9. The molecule has 6 rings (SSSR count). The van der Waals surface area contributed by atoms with Gasteiger partial charge in [-0.05, 0) is 63.3 Å². The molecule has 0 bridgehead atoms. The Morgan fingerprint density at radius 3 is 2.50 bits per heavy atom. The van der Waals surface area contributed by atoms with Gasteiger partial charge in [-0.2, -0.15) is 0 Å². The van der Waals surface area contributed by atoms with E-state index in [0.29, 0.717) is 24.5 Å². The topological polar surface area (TPSA) is 74.3 Å². The van der Waals surface area contributed by atoms with Crippen molar-refractivity contribution in [1.29, 1.82) is 0 Å². The van der Waals surface area contributed by atoms with Crippen molar-refractivity contribution in [2.75, 3.05) is 20.3 Å². The molecule has 0 spiro atoms. The number of methoxy groups -OCH3 is 1.